The van der Waals surface area contributed by atoms with Crippen LogP contribution in [0, 0.1) is 0 Å². The lowest BCUT2D eigenvalue weighted by Gasteiger charge is -2.47. The van der Waals surface area contributed by atoms with Crippen LogP contribution in [0.3, 0.4) is 0 Å². The molecule has 1 amide bonds. The van der Waals surface area contributed by atoms with E-state index in [4.69, 9.17) is 15.5 Å². The van der Waals surface area contributed by atoms with Gasteiger partial charge in [0, 0.05) is 33.2 Å². The van der Waals surface area contributed by atoms with Gasteiger partial charge in [0.25, 0.3) is 0 Å². The van der Waals surface area contributed by atoms with Crippen molar-refractivity contribution in [2.45, 2.75) is 24.9 Å². The summed E-state index contributed by atoms with van der Waals surface area (Å²) in [5.41, 5.74) is 7.51. The van der Waals surface area contributed by atoms with Crippen LogP contribution in [-0.2, 0) is 23.1 Å². The smallest absolute Gasteiger partial charge is 0.238 e. The summed E-state index contributed by atoms with van der Waals surface area (Å²) in [4.78, 5) is 21.7. The fraction of sp³-hybridized carbons (Fsp3) is 0.579. The molecule has 4 rings (SSSR count). The third-order valence-electron chi connectivity index (χ3n) is 6.00. The molecule has 0 spiro atoms. The summed E-state index contributed by atoms with van der Waals surface area (Å²) >= 11 is 0. The van der Waals surface area contributed by atoms with Gasteiger partial charge in [0.15, 0.2) is 0 Å². The van der Waals surface area contributed by atoms with Crippen LogP contribution in [0.25, 0.3) is 11.0 Å². The van der Waals surface area contributed by atoms with Crippen molar-refractivity contribution in [3.63, 3.8) is 0 Å². The Hall–Kier alpha value is -1.96. The van der Waals surface area contributed by atoms with Crippen LogP contribution in [0.1, 0.15) is 18.7 Å². The van der Waals surface area contributed by atoms with E-state index in [1.165, 1.54) is 0 Å². The largest absolute Gasteiger partial charge is 0.379 e. The zero-order valence-corrected chi connectivity index (χ0v) is 15.4. The molecule has 0 atom stereocenters. The number of piperidine rings is 1. The Morgan fingerprint density at radius 3 is 2.54 bits per heavy atom. The fourth-order valence-electron chi connectivity index (χ4n) is 4.33. The van der Waals surface area contributed by atoms with E-state index in [0.29, 0.717) is 13.2 Å². The molecule has 0 bridgehead atoms. The Morgan fingerprint density at radius 2 is 1.88 bits per heavy atom. The zero-order chi connectivity index (χ0) is 18.1. The number of carbonyl (C=O) groups is 1. The van der Waals surface area contributed by atoms with Gasteiger partial charge in [0.2, 0.25) is 5.91 Å². The third-order valence-corrected chi connectivity index (χ3v) is 6.00. The van der Waals surface area contributed by atoms with Crippen molar-refractivity contribution < 1.29 is 9.53 Å². The zero-order valence-electron chi connectivity index (χ0n) is 15.4. The van der Waals surface area contributed by atoms with E-state index in [9.17, 15) is 4.79 Å². The van der Waals surface area contributed by atoms with Crippen LogP contribution in [0.4, 0.5) is 0 Å². The number of ether oxygens (including phenoxy) is 1. The Bertz CT molecular complexity index is 788. The molecule has 2 N–H and O–H groups in total. The van der Waals surface area contributed by atoms with Crippen molar-refractivity contribution in [1.82, 2.24) is 19.4 Å². The first kappa shape index (κ1) is 17.5. The molecule has 2 aromatic rings. The maximum Gasteiger partial charge on any atom is 0.238 e. The Kier molecular flexibility index (Phi) is 4.69. The van der Waals surface area contributed by atoms with Gasteiger partial charge in [0.05, 0.1) is 30.8 Å². The van der Waals surface area contributed by atoms with Gasteiger partial charge in [-0.05, 0) is 25.0 Å². The van der Waals surface area contributed by atoms with Gasteiger partial charge in [-0.15, -0.1) is 0 Å². The van der Waals surface area contributed by atoms with Gasteiger partial charge in [-0.25, -0.2) is 4.98 Å². The summed E-state index contributed by atoms with van der Waals surface area (Å²) in [5.74, 6) is 0.867. The molecule has 2 fully saturated rings. The second kappa shape index (κ2) is 6.98. The van der Waals surface area contributed by atoms with E-state index in [2.05, 4.69) is 27.5 Å². The number of amides is 1. The molecule has 3 heterocycles. The molecule has 140 valence electrons. The van der Waals surface area contributed by atoms with Gasteiger partial charge in [-0.3, -0.25) is 14.6 Å². The van der Waals surface area contributed by atoms with Crippen molar-refractivity contribution in [3.05, 3.63) is 30.1 Å². The first-order valence-corrected chi connectivity index (χ1v) is 9.35. The highest BCUT2D eigenvalue weighted by Gasteiger charge is 2.45. The minimum Gasteiger partial charge on any atom is -0.379 e. The van der Waals surface area contributed by atoms with E-state index in [0.717, 1.165) is 62.4 Å². The van der Waals surface area contributed by atoms with Gasteiger partial charge in [-0.1, -0.05) is 12.1 Å². The number of likely N-dealkylation sites (tertiary alicyclic amines) is 1. The molecule has 0 saturated carbocycles. The van der Waals surface area contributed by atoms with E-state index in [1.807, 2.05) is 18.2 Å². The number of primary amides is 1. The van der Waals surface area contributed by atoms with Crippen LogP contribution in [0.2, 0.25) is 0 Å². The summed E-state index contributed by atoms with van der Waals surface area (Å²) in [7, 11) is 2.07. The van der Waals surface area contributed by atoms with E-state index in [1.54, 1.807) is 0 Å². The maximum atomic E-state index is 12.3. The topological polar surface area (TPSA) is 76.6 Å². The minimum atomic E-state index is -0.521. The lowest BCUT2D eigenvalue weighted by Crippen LogP contribution is -2.64. The number of hydrogen-bond acceptors (Lipinski definition) is 5. The summed E-state index contributed by atoms with van der Waals surface area (Å²) in [6.07, 6.45) is 1.54. The van der Waals surface area contributed by atoms with Crippen molar-refractivity contribution in [1.29, 1.82) is 0 Å². The predicted molar refractivity (Wildman–Crippen MR) is 99.5 cm³/mol. The van der Waals surface area contributed by atoms with Crippen LogP contribution >= 0.6 is 0 Å². The second-order valence-electron chi connectivity index (χ2n) is 7.35. The first-order valence-electron chi connectivity index (χ1n) is 9.35. The number of imidazole rings is 1. The number of aryl methyl sites for hydroxylation is 1. The van der Waals surface area contributed by atoms with Gasteiger partial charge in [0.1, 0.15) is 11.4 Å². The molecular formula is C19H27N5O2. The molecular weight excluding hydrogens is 330 g/mol. The molecule has 0 aliphatic carbocycles. The number of nitrogens with zero attached hydrogens (tertiary/aromatic N) is 4. The summed E-state index contributed by atoms with van der Waals surface area (Å²) in [6.45, 7) is 5.43. The molecule has 26 heavy (non-hydrogen) atoms. The highest BCUT2D eigenvalue weighted by molar-refractivity contribution is 5.85. The molecule has 0 unspecified atom stereocenters. The average molecular weight is 357 g/mol. The quantitative estimate of drug-likeness (QED) is 0.873. The molecule has 7 heteroatoms. The fourth-order valence-corrected chi connectivity index (χ4v) is 4.33. The number of para-hydroxylation sites is 2. The summed E-state index contributed by atoms with van der Waals surface area (Å²) < 4.78 is 7.60. The highest BCUT2D eigenvalue weighted by atomic mass is 16.5. The number of hydrogen-bond donors (Lipinski definition) is 1. The SMILES string of the molecule is Cn1c(CN2CCC(C(N)=O)(N3CCOCC3)CC2)nc2ccccc21. The number of nitrogens with two attached hydrogens (primary N) is 1. The monoisotopic (exact) mass is 357 g/mol. The highest BCUT2D eigenvalue weighted by Crippen LogP contribution is 2.30. The summed E-state index contributed by atoms with van der Waals surface area (Å²) in [6, 6.07) is 8.20. The van der Waals surface area contributed by atoms with Crippen LogP contribution in [-0.4, -0.2) is 70.2 Å². The van der Waals surface area contributed by atoms with Crippen molar-refractivity contribution in [3.8, 4) is 0 Å². The van der Waals surface area contributed by atoms with Gasteiger partial charge >= 0.3 is 0 Å². The second-order valence-corrected chi connectivity index (χ2v) is 7.35. The molecule has 7 nitrogen and oxygen atoms in total. The average Bonchev–Trinajstić information content (AvgIpc) is 2.99. The Labute approximate surface area is 153 Å². The van der Waals surface area contributed by atoms with Crippen LogP contribution in [0.15, 0.2) is 24.3 Å². The number of rotatable bonds is 4. The predicted octanol–water partition coefficient (Wildman–Crippen LogP) is 0.725. The van der Waals surface area contributed by atoms with E-state index < -0.39 is 5.54 Å². The van der Waals surface area contributed by atoms with Gasteiger partial charge in [-0.2, -0.15) is 0 Å². The minimum absolute atomic E-state index is 0.193. The lowest BCUT2D eigenvalue weighted by molar-refractivity contribution is -0.138. The number of benzene rings is 1. The molecule has 2 aliphatic rings. The number of morpholine rings is 1. The third kappa shape index (κ3) is 3.00. The molecule has 2 aliphatic heterocycles. The Balaban J connectivity index is 1.46. The first-order chi connectivity index (χ1) is 12.6. The number of fused-ring (bicyclic) bond motifs is 1. The van der Waals surface area contributed by atoms with Crippen molar-refractivity contribution >= 4 is 16.9 Å². The molecule has 2 saturated heterocycles. The van der Waals surface area contributed by atoms with Gasteiger partial charge < -0.3 is 15.0 Å². The van der Waals surface area contributed by atoms with E-state index in [-0.39, 0.29) is 5.91 Å². The molecule has 1 aromatic carbocycles. The Morgan fingerprint density at radius 1 is 1.19 bits per heavy atom. The van der Waals surface area contributed by atoms with Crippen LogP contribution in [0.5, 0.6) is 0 Å². The molecule has 1 aromatic heterocycles. The normalized spacial score (nSPS) is 21.9. The standard InChI is InChI=1S/C19H27N5O2/c1-22-16-5-3-2-4-15(16)21-17(22)14-23-8-6-19(7-9-23,18(20)25)24-10-12-26-13-11-24/h2-5H,6-14H2,1H3,(H2,20,25). The van der Waals surface area contributed by atoms with Crippen molar-refractivity contribution in [2.24, 2.45) is 12.8 Å². The van der Waals surface area contributed by atoms with E-state index >= 15 is 0 Å². The number of aromatic nitrogens is 2. The summed E-state index contributed by atoms with van der Waals surface area (Å²) in [5, 5.41) is 0. The maximum absolute atomic E-state index is 12.3. The van der Waals surface area contributed by atoms with Crippen molar-refractivity contribution in [2.75, 3.05) is 39.4 Å². The molecule has 0 radical (unpaired) electrons. The van der Waals surface area contributed by atoms with Crippen LogP contribution < -0.4 is 5.73 Å². The number of carbonyl (C=O) groups excluding carboxylic acids is 1. The lowest BCUT2D eigenvalue weighted by atomic mass is 9.84.